The number of benzene rings is 1. The number of hydrogen-bond acceptors (Lipinski definition) is 3. The number of nitrogens with zero attached hydrogens (tertiary/aromatic N) is 1. The van der Waals surface area contributed by atoms with E-state index in [2.05, 4.69) is 27.4 Å². The van der Waals surface area contributed by atoms with Crippen molar-refractivity contribution in [3.05, 3.63) is 24.0 Å². The van der Waals surface area contributed by atoms with Crippen molar-refractivity contribution in [3.63, 3.8) is 0 Å². The monoisotopic (exact) mass is 231 g/mol. The first kappa shape index (κ1) is 10.6. The van der Waals surface area contributed by atoms with E-state index in [0.29, 0.717) is 6.04 Å². The van der Waals surface area contributed by atoms with Gasteiger partial charge >= 0.3 is 0 Å². The summed E-state index contributed by atoms with van der Waals surface area (Å²) in [4.78, 5) is 7.65. The molecule has 1 aliphatic rings. The summed E-state index contributed by atoms with van der Waals surface area (Å²) >= 11 is 0. The molecule has 1 unspecified atom stereocenters. The quantitative estimate of drug-likeness (QED) is 0.834. The second kappa shape index (κ2) is 4.37. The minimum Gasteiger partial charge on any atom is -0.380 e. The molecule has 2 N–H and O–H groups in total. The number of aromatic amines is 1. The first-order chi connectivity index (χ1) is 8.31. The molecule has 2 aromatic rings. The Bertz CT molecular complexity index is 514. The predicted octanol–water partition coefficient (Wildman–Crippen LogP) is 2.46. The van der Waals surface area contributed by atoms with Crippen LogP contribution in [0.3, 0.4) is 0 Å². The molecule has 1 aromatic heterocycles. The van der Waals surface area contributed by atoms with Crippen LogP contribution in [-0.4, -0.2) is 29.2 Å². The molecule has 0 aliphatic carbocycles. The van der Waals surface area contributed by atoms with Crippen molar-refractivity contribution in [1.82, 2.24) is 9.97 Å². The molecule has 0 saturated carbocycles. The van der Waals surface area contributed by atoms with Crippen LogP contribution in [-0.2, 0) is 4.74 Å². The molecule has 0 amide bonds. The van der Waals surface area contributed by atoms with Crippen LogP contribution in [0.5, 0.6) is 0 Å². The van der Waals surface area contributed by atoms with Gasteiger partial charge in [-0.1, -0.05) is 0 Å². The number of hydrogen-bond donors (Lipinski definition) is 2. The average molecular weight is 231 g/mol. The number of H-pyrrole nitrogens is 1. The standard InChI is InChI=1S/C13H17N3O/c1-9-14-12-5-4-10(7-13(12)15-9)16-11-3-2-6-17-8-11/h4-5,7,11,16H,2-3,6,8H2,1H3,(H,14,15). The number of rotatable bonds is 2. The van der Waals surface area contributed by atoms with E-state index in [1.807, 2.05) is 13.0 Å². The fourth-order valence-electron chi connectivity index (χ4n) is 2.32. The Balaban J connectivity index is 1.79. The van der Waals surface area contributed by atoms with E-state index in [1.165, 1.54) is 6.42 Å². The van der Waals surface area contributed by atoms with Crippen molar-refractivity contribution in [2.75, 3.05) is 18.5 Å². The summed E-state index contributed by atoms with van der Waals surface area (Å²) in [5, 5.41) is 3.51. The Hall–Kier alpha value is -1.55. The molecule has 90 valence electrons. The summed E-state index contributed by atoms with van der Waals surface area (Å²) in [5.41, 5.74) is 3.24. The fourth-order valence-corrected chi connectivity index (χ4v) is 2.32. The molecule has 4 nitrogen and oxygen atoms in total. The van der Waals surface area contributed by atoms with Gasteiger partial charge in [-0.25, -0.2) is 4.98 Å². The Morgan fingerprint density at radius 1 is 1.47 bits per heavy atom. The minimum atomic E-state index is 0.435. The Morgan fingerprint density at radius 2 is 2.41 bits per heavy atom. The van der Waals surface area contributed by atoms with Crippen LogP contribution < -0.4 is 5.32 Å². The van der Waals surface area contributed by atoms with Crippen LogP contribution in [0.4, 0.5) is 5.69 Å². The number of nitrogens with one attached hydrogen (secondary N) is 2. The van der Waals surface area contributed by atoms with Crippen molar-refractivity contribution in [2.45, 2.75) is 25.8 Å². The fraction of sp³-hybridized carbons (Fsp3) is 0.462. The molecule has 1 fully saturated rings. The zero-order chi connectivity index (χ0) is 11.7. The summed E-state index contributed by atoms with van der Waals surface area (Å²) in [6.07, 6.45) is 2.32. The van der Waals surface area contributed by atoms with E-state index in [0.717, 1.165) is 42.2 Å². The van der Waals surface area contributed by atoms with Crippen molar-refractivity contribution in [1.29, 1.82) is 0 Å². The summed E-state index contributed by atoms with van der Waals surface area (Å²) < 4.78 is 5.46. The van der Waals surface area contributed by atoms with E-state index in [-0.39, 0.29) is 0 Å². The normalized spacial score (nSPS) is 20.6. The molecule has 0 radical (unpaired) electrons. The summed E-state index contributed by atoms with van der Waals surface area (Å²) in [6.45, 7) is 3.68. The molecule has 2 heterocycles. The summed E-state index contributed by atoms with van der Waals surface area (Å²) in [5.74, 6) is 0.957. The van der Waals surface area contributed by atoms with Crippen LogP contribution in [0, 0.1) is 6.92 Å². The number of fused-ring (bicyclic) bond motifs is 1. The van der Waals surface area contributed by atoms with E-state index < -0.39 is 0 Å². The van der Waals surface area contributed by atoms with Crippen LogP contribution >= 0.6 is 0 Å². The van der Waals surface area contributed by atoms with Crippen LogP contribution in [0.25, 0.3) is 11.0 Å². The number of ether oxygens (including phenoxy) is 1. The highest BCUT2D eigenvalue weighted by atomic mass is 16.5. The molecule has 1 aromatic carbocycles. The zero-order valence-electron chi connectivity index (χ0n) is 9.99. The molecule has 1 saturated heterocycles. The second-order valence-corrected chi connectivity index (χ2v) is 4.61. The zero-order valence-corrected chi connectivity index (χ0v) is 9.99. The molecule has 4 heteroatoms. The molecule has 17 heavy (non-hydrogen) atoms. The first-order valence-electron chi connectivity index (χ1n) is 6.12. The Morgan fingerprint density at radius 3 is 3.24 bits per heavy atom. The van der Waals surface area contributed by atoms with Gasteiger partial charge in [0, 0.05) is 18.3 Å². The number of anilines is 1. The summed E-state index contributed by atoms with van der Waals surface area (Å²) in [7, 11) is 0. The van der Waals surface area contributed by atoms with Gasteiger partial charge in [0.25, 0.3) is 0 Å². The van der Waals surface area contributed by atoms with Crippen molar-refractivity contribution < 1.29 is 4.74 Å². The van der Waals surface area contributed by atoms with Gasteiger partial charge < -0.3 is 15.0 Å². The highest BCUT2D eigenvalue weighted by molar-refractivity contribution is 5.79. The van der Waals surface area contributed by atoms with Crippen LogP contribution in [0.1, 0.15) is 18.7 Å². The lowest BCUT2D eigenvalue weighted by molar-refractivity contribution is 0.0876. The third-order valence-corrected chi connectivity index (χ3v) is 3.13. The molecular weight excluding hydrogens is 214 g/mol. The van der Waals surface area contributed by atoms with Gasteiger partial charge in [0.2, 0.25) is 0 Å². The lowest BCUT2D eigenvalue weighted by atomic mass is 10.1. The lowest BCUT2D eigenvalue weighted by Crippen LogP contribution is -2.29. The third-order valence-electron chi connectivity index (χ3n) is 3.13. The van der Waals surface area contributed by atoms with E-state index in [4.69, 9.17) is 4.74 Å². The molecule has 0 spiro atoms. The highest BCUT2D eigenvalue weighted by Gasteiger charge is 2.13. The SMILES string of the molecule is Cc1nc2ccc(NC3CCCOC3)cc2[nH]1. The van der Waals surface area contributed by atoms with Gasteiger partial charge in [-0.3, -0.25) is 0 Å². The van der Waals surface area contributed by atoms with Gasteiger partial charge in [0.1, 0.15) is 5.82 Å². The third kappa shape index (κ3) is 2.26. The molecule has 3 rings (SSSR count). The van der Waals surface area contributed by atoms with Gasteiger partial charge in [-0.2, -0.15) is 0 Å². The van der Waals surface area contributed by atoms with Crippen molar-refractivity contribution in [2.24, 2.45) is 0 Å². The minimum absolute atomic E-state index is 0.435. The first-order valence-corrected chi connectivity index (χ1v) is 6.12. The second-order valence-electron chi connectivity index (χ2n) is 4.61. The Kier molecular flexibility index (Phi) is 2.73. The number of imidazole rings is 1. The van der Waals surface area contributed by atoms with E-state index in [9.17, 15) is 0 Å². The van der Waals surface area contributed by atoms with E-state index in [1.54, 1.807) is 0 Å². The largest absolute Gasteiger partial charge is 0.380 e. The van der Waals surface area contributed by atoms with Crippen molar-refractivity contribution >= 4 is 16.7 Å². The topological polar surface area (TPSA) is 49.9 Å². The highest BCUT2D eigenvalue weighted by Crippen LogP contribution is 2.19. The van der Waals surface area contributed by atoms with Gasteiger partial charge in [0.15, 0.2) is 0 Å². The van der Waals surface area contributed by atoms with Crippen LogP contribution in [0.15, 0.2) is 18.2 Å². The number of aromatic nitrogens is 2. The molecular formula is C13H17N3O. The lowest BCUT2D eigenvalue weighted by Gasteiger charge is -2.24. The Labute approximate surface area is 100 Å². The average Bonchev–Trinajstić information content (AvgIpc) is 2.70. The molecule has 0 bridgehead atoms. The van der Waals surface area contributed by atoms with Gasteiger partial charge in [-0.05, 0) is 38.0 Å². The maximum Gasteiger partial charge on any atom is 0.104 e. The number of aryl methyl sites for hydroxylation is 1. The smallest absolute Gasteiger partial charge is 0.104 e. The van der Waals surface area contributed by atoms with Crippen LogP contribution in [0.2, 0.25) is 0 Å². The molecule has 1 atom stereocenters. The summed E-state index contributed by atoms with van der Waals surface area (Å²) in [6, 6.07) is 6.68. The molecule has 1 aliphatic heterocycles. The van der Waals surface area contributed by atoms with E-state index >= 15 is 0 Å². The maximum atomic E-state index is 5.46. The van der Waals surface area contributed by atoms with Gasteiger partial charge in [0.05, 0.1) is 17.6 Å². The van der Waals surface area contributed by atoms with Gasteiger partial charge in [-0.15, -0.1) is 0 Å². The maximum absolute atomic E-state index is 5.46. The van der Waals surface area contributed by atoms with Crippen molar-refractivity contribution in [3.8, 4) is 0 Å². The predicted molar refractivity (Wildman–Crippen MR) is 68.3 cm³/mol.